The van der Waals surface area contributed by atoms with Crippen LogP contribution in [-0.4, -0.2) is 26.0 Å². The molecule has 0 bridgehead atoms. The van der Waals surface area contributed by atoms with Crippen molar-refractivity contribution in [1.82, 2.24) is 9.97 Å². The molecule has 0 spiro atoms. The van der Waals surface area contributed by atoms with E-state index in [0.717, 1.165) is 6.33 Å². The van der Waals surface area contributed by atoms with Gasteiger partial charge in [0.25, 0.3) is 5.70 Å². The third-order valence-corrected chi connectivity index (χ3v) is 2.09. The van der Waals surface area contributed by atoms with E-state index in [1.807, 2.05) is 0 Å². The molecule has 0 amide bonds. The van der Waals surface area contributed by atoms with Gasteiger partial charge in [-0.2, -0.15) is 0 Å². The number of rotatable bonds is 2. The van der Waals surface area contributed by atoms with E-state index in [2.05, 4.69) is 9.97 Å². The second kappa shape index (κ2) is 3.12. The first kappa shape index (κ1) is 9.25. The van der Waals surface area contributed by atoms with Gasteiger partial charge in [0.15, 0.2) is 5.69 Å². The molecule has 0 aromatic carbocycles. The zero-order valence-corrected chi connectivity index (χ0v) is 7.38. The number of carboxylic acid groups (broad SMARTS) is 1. The summed E-state index contributed by atoms with van der Waals surface area (Å²) >= 11 is 0. The quantitative estimate of drug-likeness (QED) is 0.553. The Labute approximate surface area is 83.2 Å². The van der Waals surface area contributed by atoms with Crippen molar-refractivity contribution in [2.75, 3.05) is 0 Å². The van der Waals surface area contributed by atoms with E-state index < -0.39 is 10.9 Å². The molecule has 7 nitrogen and oxygen atoms in total. The number of fused-ring (bicyclic) bond motifs is 1. The maximum Gasteiger partial charge on any atom is 0.354 e. The minimum Gasteiger partial charge on any atom is -0.476 e. The predicted molar refractivity (Wildman–Crippen MR) is 47.7 cm³/mol. The van der Waals surface area contributed by atoms with Crippen molar-refractivity contribution < 1.29 is 14.8 Å². The van der Waals surface area contributed by atoms with Gasteiger partial charge < -0.3 is 5.11 Å². The lowest BCUT2D eigenvalue weighted by molar-refractivity contribution is -0.375. The number of carbonyl (C=O) groups is 1. The van der Waals surface area contributed by atoms with Gasteiger partial charge in [0.05, 0.1) is 4.92 Å². The van der Waals surface area contributed by atoms with Crippen LogP contribution >= 0.6 is 0 Å². The fourth-order valence-electron chi connectivity index (χ4n) is 1.47. The highest BCUT2D eigenvalue weighted by molar-refractivity contribution is 5.89. The second-order valence-corrected chi connectivity index (χ2v) is 2.91. The topological polar surface area (TPSA) is 106 Å². The zero-order valence-electron chi connectivity index (χ0n) is 7.38. The lowest BCUT2D eigenvalue weighted by atomic mass is 10.1. The standard InChI is InChI=1S/C8H5N3O4/c12-8(13)7-4-1-2-5(11(14)15)6(4)9-3-10-7/h2-3H,1H2,(H,12,13). The summed E-state index contributed by atoms with van der Waals surface area (Å²) in [5, 5.41) is 19.4. The van der Waals surface area contributed by atoms with Crippen molar-refractivity contribution in [2.24, 2.45) is 0 Å². The molecule has 0 fully saturated rings. The van der Waals surface area contributed by atoms with E-state index in [1.54, 1.807) is 0 Å². The summed E-state index contributed by atoms with van der Waals surface area (Å²) in [5.74, 6) is -1.20. The van der Waals surface area contributed by atoms with Gasteiger partial charge in [-0.1, -0.05) is 0 Å². The summed E-state index contributed by atoms with van der Waals surface area (Å²) in [6, 6.07) is 0. The Hall–Kier alpha value is -2.31. The van der Waals surface area contributed by atoms with Crippen molar-refractivity contribution in [3.8, 4) is 0 Å². The van der Waals surface area contributed by atoms with Crippen LogP contribution in [0.2, 0.25) is 0 Å². The van der Waals surface area contributed by atoms with E-state index in [0.29, 0.717) is 5.56 Å². The molecular weight excluding hydrogens is 202 g/mol. The number of nitro groups is 1. The normalized spacial score (nSPS) is 13.2. The molecule has 0 unspecified atom stereocenters. The molecule has 2 rings (SSSR count). The molecule has 0 atom stereocenters. The molecule has 1 aromatic heterocycles. The highest BCUT2D eigenvalue weighted by Crippen LogP contribution is 2.26. The van der Waals surface area contributed by atoms with Crippen LogP contribution in [0.4, 0.5) is 0 Å². The summed E-state index contributed by atoms with van der Waals surface area (Å²) in [4.78, 5) is 28.0. The van der Waals surface area contributed by atoms with Crippen molar-refractivity contribution in [3.63, 3.8) is 0 Å². The molecule has 0 saturated carbocycles. The first-order valence-electron chi connectivity index (χ1n) is 4.03. The Morgan fingerprint density at radius 1 is 1.53 bits per heavy atom. The summed E-state index contributed by atoms with van der Waals surface area (Å²) < 4.78 is 0. The van der Waals surface area contributed by atoms with E-state index >= 15 is 0 Å². The summed E-state index contributed by atoms with van der Waals surface area (Å²) in [7, 11) is 0. The molecule has 0 saturated heterocycles. The summed E-state index contributed by atoms with van der Waals surface area (Å²) in [6.07, 6.45) is 2.55. The van der Waals surface area contributed by atoms with Gasteiger partial charge in [0.1, 0.15) is 12.0 Å². The van der Waals surface area contributed by atoms with Gasteiger partial charge in [-0.05, 0) is 0 Å². The molecule has 15 heavy (non-hydrogen) atoms. The van der Waals surface area contributed by atoms with Crippen LogP contribution in [0.5, 0.6) is 0 Å². The van der Waals surface area contributed by atoms with Gasteiger partial charge in [-0.3, -0.25) is 10.1 Å². The van der Waals surface area contributed by atoms with Crippen LogP contribution in [0.25, 0.3) is 5.70 Å². The van der Waals surface area contributed by atoms with Gasteiger partial charge in [-0.15, -0.1) is 0 Å². The smallest absolute Gasteiger partial charge is 0.354 e. The lowest BCUT2D eigenvalue weighted by Crippen LogP contribution is -2.08. The fraction of sp³-hybridized carbons (Fsp3) is 0.125. The molecule has 7 heteroatoms. The van der Waals surface area contributed by atoms with E-state index in [4.69, 9.17) is 5.11 Å². The molecule has 1 aliphatic carbocycles. The number of nitrogens with zero attached hydrogens (tertiary/aromatic N) is 3. The lowest BCUT2D eigenvalue weighted by Gasteiger charge is -2.00. The number of hydrogen-bond acceptors (Lipinski definition) is 5. The maximum atomic E-state index is 10.8. The highest BCUT2D eigenvalue weighted by atomic mass is 16.6. The van der Waals surface area contributed by atoms with E-state index in [9.17, 15) is 14.9 Å². The van der Waals surface area contributed by atoms with Crippen LogP contribution in [0.1, 0.15) is 21.7 Å². The Balaban J connectivity index is 2.57. The van der Waals surface area contributed by atoms with Crippen LogP contribution in [-0.2, 0) is 6.42 Å². The van der Waals surface area contributed by atoms with Gasteiger partial charge in [-0.25, -0.2) is 14.8 Å². The minimum absolute atomic E-state index is 0.104. The molecule has 0 radical (unpaired) electrons. The number of allylic oxidation sites excluding steroid dienone is 1. The first-order chi connectivity index (χ1) is 7.11. The van der Waals surface area contributed by atoms with Crippen molar-refractivity contribution >= 4 is 11.7 Å². The van der Waals surface area contributed by atoms with Crippen molar-refractivity contribution in [3.05, 3.63) is 39.5 Å². The average Bonchev–Trinajstić information content (AvgIpc) is 2.59. The average molecular weight is 207 g/mol. The van der Waals surface area contributed by atoms with Crippen LogP contribution < -0.4 is 0 Å². The largest absolute Gasteiger partial charge is 0.476 e. The number of aromatic nitrogens is 2. The number of carboxylic acids is 1. The molecule has 1 heterocycles. The highest BCUT2D eigenvalue weighted by Gasteiger charge is 2.29. The molecular formula is C8H5N3O4. The van der Waals surface area contributed by atoms with Crippen molar-refractivity contribution in [1.29, 1.82) is 0 Å². The summed E-state index contributed by atoms with van der Waals surface area (Å²) in [6.45, 7) is 0. The maximum absolute atomic E-state index is 10.8. The van der Waals surface area contributed by atoms with Crippen LogP contribution in [0.3, 0.4) is 0 Å². The third-order valence-electron chi connectivity index (χ3n) is 2.09. The fourth-order valence-corrected chi connectivity index (χ4v) is 1.47. The summed E-state index contributed by atoms with van der Waals surface area (Å²) in [5.41, 5.74) is 0.0760. The molecule has 76 valence electrons. The Kier molecular flexibility index (Phi) is 1.93. The Morgan fingerprint density at radius 3 is 2.87 bits per heavy atom. The first-order valence-corrected chi connectivity index (χ1v) is 4.03. The zero-order chi connectivity index (χ0) is 11.0. The van der Waals surface area contributed by atoms with Crippen LogP contribution in [0.15, 0.2) is 12.4 Å². The van der Waals surface area contributed by atoms with E-state index in [1.165, 1.54) is 6.08 Å². The van der Waals surface area contributed by atoms with Gasteiger partial charge in [0, 0.05) is 18.1 Å². The van der Waals surface area contributed by atoms with Crippen molar-refractivity contribution in [2.45, 2.75) is 6.42 Å². The van der Waals surface area contributed by atoms with Gasteiger partial charge in [0.2, 0.25) is 0 Å². The number of aromatic carboxylic acids is 1. The Bertz CT molecular complexity index is 495. The molecule has 1 aromatic rings. The molecule has 1 N–H and O–H groups in total. The monoisotopic (exact) mass is 207 g/mol. The Morgan fingerprint density at radius 2 is 2.27 bits per heavy atom. The van der Waals surface area contributed by atoms with Crippen LogP contribution in [0, 0.1) is 10.1 Å². The minimum atomic E-state index is -1.20. The van der Waals surface area contributed by atoms with Gasteiger partial charge >= 0.3 is 5.97 Å². The molecule has 1 aliphatic rings. The molecule has 0 aliphatic heterocycles. The third kappa shape index (κ3) is 1.33. The second-order valence-electron chi connectivity index (χ2n) is 2.91. The van der Waals surface area contributed by atoms with E-state index in [-0.39, 0.29) is 23.5 Å². The number of hydrogen-bond donors (Lipinski definition) is 1. The predicted octanol–water partition coefficient (Wildman–Crippen LogP) is 0.348. The SMILES string of the molecule is O=C(O)c1ncnc2c1CC=C2[N+](=O)[O-].